The Morgan fingerprint density at radius 1 is 1.09 bits per heavy atom. The predicted octanol–water partition coefficient (Wildman–Crippen LogP) is 6.93. The summed E-state index contributed by atoms with van der Waals surface area (Å²) in [5.41, 5.74) is 2.24. The SMILES string of the molecule is CC1CC2=C/C(O)=C\CCC(c3c(F)cc4c(N5CC6CCC(C5)N6)nc(OCC56CCCN5C[C@H](F)C6)nc4c3F)=C2C12CCC2. The van der Waals surface area contributed by atoms with E-state index in [2.05, 4.69) is 27.0 Å². The Kier molecular flexibility index (Phi) is 6.99. The van der Waals surface area contributed by atoms with Gasteiger partial charge in [-0.3, -0.25) is 4.90 Å². The number of hydrogen-bond donors (Lipinski definition) is 2. The molecule has 2 aromatic rings. The number of nitrogens with one attached hydrogen (secondary N) is 1. The summed E-state index contributed by atoms with van der Waals surface area (Å²) in [5.74, 6) is -0.225. The summed E-state index contributed by atoms with van der Waals surface area (Å²) in [4.78, 5) is 13.8. The number of piperazine rings is 1. The maximum absolute atomic E-state index is 17.3. The number of aromatic nitrogens is 2. The van der Waals surface area contributed by atoms with Crippen molar-refractivity contribution in [2.24, 2.45) is 11.3 Å². The molecule has 10 heteroatoms. The number of rotatable bonds is 5. The average molecular weight is 648 g/mol. The molecule has 1 aromatic carbocycles. The van der Waals surface area contributed by atoms with Crippen LogP contribution in [0.1, 0.15) is 83.1 Å². The van der Waals surface area contributed by atoms with Crippen LogP contribution >= 0.6 is 0 Å². The van der Waals surface area contributed by atoms with Crippen molar-refractivity contribution in [3.05, 3.63) is 52.3 Å². The van der Waals surface area contributed by atoms with Gasteiger partial charge in [-0.1, -0.05) is 13.3 Å². The van der Waals surface area contributed by atoms with Gasteiger partial charge in [0.2, 0.25) is 0 Å². The van der Waals surface area contributed by atoms with E-state index in [1.165, 1.54) is 6.07 Å². The van der Waals surface area contributed by atoms with E-state index in [1.54, 1.807) is 6.08 Å². The highest BCUT2D eigenvalue weighted by Crippen LogP contribution is 2.64. The standard InChI is InChI=1S/C37H44F3N5O2/c1-21-13-22-14-26(46)5-2-6-27(31(22)37(21)10-3-11-37)30-29(39)15-28-33(32(30)40)42-35(43-34(28)44-18-24-7-8-25(19-44)41-24)47-20-36-9-4-12-45(36)17-23(38)16-36/h5,14-15,21,23-25,41,46H,2-4,6-13,16-20H2,1H3/b22-14?,26-5+,31-27?/t21?,23-,24?,25?,36?/m1/s1. The van der Waals surface area contributed by atoms with Crippen LogP contribution in [0, 0.1) is 23.0 Å². The third kappa shape index (κ3) is 4.67. The average Bonchev–Trinajstić information content (AvgIpc) is 3.72. The molecule has 4 saturated heterocycles. The lowest BCUT2D eigenvalue weighted by atomic mass is 9.59. The second kappa shape index (κ2) is 11.0. The maximum atomic E-state index is 17.3. The predicted molar refractivity (Wildman–Crippen MR) is 175 cm³/mol. The number of aliphatic hydroxyl groups excluding tert-OH is 1. The summed E-state index contributed by atoms with van der Waals surface area (Å²) >= 11 is 0. The minimum atomic E-state index is -0.891. The number of alkyl halides is 1. The molecule has 6 fully saturated rings. The van der Waals surface area contributed by atoms with E-state index < -0.39 is 23.3 Å². The normalized spacial score (nSPS) is 34.2. The van der Waals surface area contributed by atoms with Crippen molar-refractivity contribution >= 4 is 22.3 Å². The van der Waals surface area contributed by atoms with Crippen LogP contribution in [0.2, 0.25) is 0 Å². The van der Waals surface area contributed by atoms with Crippen LogP contribution in [-0.2, 0) is 0 Å². The fraction of sp³-hybridized carbons (Fsp3) is 0.622. The van der Waals surface area contributed by atoms with Gasteiger partial charge in [-0.25, -0.2) is 13.2 Å². The van der Waals surface area contributed by atoms with Crippen LogP contribution in [-0.4, -0.2) is 76.6 Å². The molecule has 0 radical (unpaired) electrons. The molecular formula is C37H44F3N5O2. The van der Waals surface area contributed by atoms with Crippen molar-refractivity contribution in [3.8, 4) is 6.01 Å². The van der Waals surface area contributed by atoms with Crippen LogP contribution in [0.5, 0.6) is 6.01 Å². The fourth-order valence-corrected chi connectivity index (χ4v) is 10.5. The van der Waals surface area contributed by atoms with Gasteiger partial charge in [-0.05, 0) is 111 Å². The van der Waals surface area contributed by atoms with E-state index in [1.807, 2.05) is 6.08 Å². The molecule has 0 amide bonds. The van der Waals surface area contributed by atoms with Gasteiger partial charge in [-0.15, -0.1) is 0 Å². The third-order valence-electron chi connectivity index (χ3n) is 12.8. The fourth-order valence-electron chi connectivity index (χ4n) is 10.5. The summed E-state index contributed by atoms with van der Waals surface area (Å²) in [5, 5.41) is 14.6. The first-order valence-electron chi connectivity index (χ1n) is 17.8. The molecule has 7 nitrogen and oxygen atoms in total. The van der Waals surface area contributed by atoms with Crippen LogP contribution in [0.15, 0.2) is 35.1 Å². The number of aliphatic hydroxyl groups is 1. The first-order valence-corrected chi connectivity index (χ1v) is 17.8. The van der Waals surface area contributed by atoms with Crippen molar-refractivity contribution in [3.63, 3.8) is 0 Å². The highest BCUT2D eigenvalue weighted by atomic mass is 19.1. The van der Waals surface area contributed by atoms with Gasteiger partial charge in [0.25, 0.3) is 0 Å². The molecule has 1 spiro atoms. The van der Waals surface area contributed by atoms with Gasteiger partial charge in [0, 0.05) is 43.5 Å². The number of ether oxygens (including phenoxy) is 1. The maximum Gasteiger partial charge on any atom is 0.319 e. The molecule has 2 N–H and O–H groups in total. The number of halogens is 3. The first kappa shape index (κ1) is 30.0. The summed E-state index contributed by atoms with van der Waals surface area (Å²) < 4.78 is 54.8. The van der Waals surface area contributed by atoms with Crippen molar-refractivity contribution in [2.75, 3.05) is 37.7 Å². The lowest BCUT2D eigenvalue weighted by molar-refractivity contribution is 0.107. The molecule has 4 aliphatic heterocycles. The molecule has 5 heterocycles. The molecule has 1 aromatic heterocycles. The molecule has 4 unspecified atom stereocenters. The smallest absolute Gasteiger partial charge is 0.319 e. The Morgan fingerprint density at radius 2 is 1.89 bits per heavy atom. The van der Waals surface area contributed by atoms with E-state index in [4.69, 9.17) is 9.72 Å². The molecule has 7 aliphatic rings. The minimum Gasteiger partial charge on any atom is -0.508 e. The molecule has 5 atom stereocenters. The van der Waals surface area contributed by atoms with E-state index in [0.717, 1.165) is 69.1 Å². The summed E-state index contributed by atoms with van der Waals surface area (Å²) in [6.45, 7) is 5.10. The Morgan fingerprint density at radius 3 is 2.66 bits per heavy atom. The highest BCUT2D eigenvalue weighted by molar-refractivity contribution is 5.94. The number of anilines is 1. The van der Waals surface area contributed by atoms with Crippen molar-refractivity contribution in [1.82, 2.24) is 20.2 Å². The largest absolute Gasteiger partial charge is 0.508 e. The van der Waals surface area contributed by atoms with E-state index in [-0.39, 0.29) is 34.9 Å². The van der Waals surface area contributed by atoms with E-state index in [9.17, 15) is 9.50 Å². The number of benzene rings is 1. The van der Waals surface area contributed by atoms with Crippen molar-refractivity contribution in [1.29, 1.82) is 0 Å². The molecule has 250 valence electrons. The summed E-state index contributed by atoms with van der Waals surface area (Å²) in [6, 6.07) is 2.09. The van der Waals surface area contributed by atoms with E-state index in [0.29, 0.717) is 73.7 Å². The van der Waals surface area contributed by atoms with Gasteiger partial charge in [0.05, 0.1) is 11.1 Å². The second-order valence-electron chi connectivity index (χ2n) is 15.5. The molecule has 2 saturated carbocycles. The Labute approximate surface area is 273 Å². The Hall–Kier alpha value is -3.11. The molecule has 9 rings (SSSR count). The van der Waals surface area contributed by atoms with Crippen LogP contribution in [0.3, 0.4) is 0 Å². The summed E-state index contributed by atoms with van der Waals surface area (Å²) in [6.07, 6.45) is 11.8. The third-order valence-corrected chi connectivity index (χ3v) is 12.8. The van der Waals surface area contributed by atoms with Crippen molar-refractivity contribution in [2.45, 2.75) is 101 Å². The van der Waals surface area contributed by atoms with Crippen molar-refractivity contribution < 1.29 is 23.0 Å². The van der Waals surface area contributed by atoms with Gasteiger partial charge < -0.3 is 20.1 Å². The minimum absolute atomic E-state index is 0.0128. The van der Waals surface area contributed by atoms with Gasteiger partial charge in [-0.2, -0.15) is 9.97 Å². The number of fused-ring (bicyclic) bond motifs is 6. The van der Waals surface area contributed by atoms with Crippen LogP contribution in [0.25, 0.3) is 16.5 Å². The molecule has 3 aliphatic carbocycles. The quantitative estimate of drug-likeness (QED) is 0.365. The van der Waals surface area contributed by atoms with Gasteiger partial charge in [0.15, 0.2) is 5.82 Å². The second-order valence-corrected chi connectivity index (χ2v) is 15.5. The van der Waals surface area contributed by atoms with Gasteiger partial charge in [0.1, 0.15) is 35.7 Å². The zero-order chi connectivity index (χ0) is 32.1. The topological polar surface area (TPSA) is 73.8 Å². The number of nitrogens with zero attached hydrogens (tertiary/aromatic N) is 4. The van der Waals surface area contributed by atoms with Crippen LogP contribution in [0.4, 0.5) is 19.0 Å². The highest BCUT2D eigenvalue weighted by Gasteiger charge is 2.52. The monoisotopic (exact) mass is 647 g/mol. The molecular weight excluding hydrogens is 603 g/mol. The number of hydrogen-bond acceptors (Lipinski definition) is 7. The summed E-state index contributed by atoms with van der Waals surface area (Å²) in [7, 11) is 0. The first-order chi connectivity index (χ1) is 22.7. The molecule has 47 heavy (non-hydrogen) atoms. The van der Waals surface area contributed by atoms with E-state index >= 15 is 8.78 Å². The zero-order valence-corrected chi connectivity index (χ0v) is 27.1. The molecule has 2 bridgehead atoms. The lowest BCUT2D eigenvalue weighted by Gasteiger charge is -2.45. The zero-order valence-electron chi connectivity index (χ0n) is 27.1. The Bertz CT molecular complexity index is 1720. The lowest BCUT2D eigenvalue weighted by Crippen LogP contribution is -2.51. The number of allylic oxidation sites excluding steroid dienone is 5. The Balaban J connectivity index is 1.19. The van der Waals surface area contributed by atoms with Crippen LogP contribution < -0.4 is 15.0 Å². The van der Waals surface area contributed by atoms with Gasteiger partial charge >= 0.3 is 6.01 Å².